The van der Waals surface area contributed by atoms with Gasteiger partial charge in [0.05, 0.1) is 6.61 Å². The molecule has 1 aromatic carbocycles. The van der Waals surface area contributed by atoms with Crippen LogP contribution in [-0.2, 0) is 12.8 Å². The number of ether oxygens (including phenoxy) is 1. The van der Waals surface area contributed by atoms with Crippen LogP contribution in [0, 0.1) is 6.92 Å². The molecule has 0 atom stereocenters. The minimum atomic E-state index is 0.621. The zero-order valence-corrected chi connectivity index (χ0v) is 16.8. The Hall–Kier alpha value is -2.14. The lowest BCUT2D eigenvalue weighted by Gasteiger charge is -2.39. The van der Waals surface area contributed by atoms with Gasteiger partial charge in [-0.3, -0.25) is 0 Å². The van der Waals surface area contributed by atoms with Gasteiger partial charge in [0.1, 0.15) is 17.9 Å². The Morgan fingerprint density at radius 2 is 1.89 bits per heavy atom. The number of aryl methyl sites for hydroxylation is 1. The molecule has 0 N–H and O–H groups in total. The fourth-order valence-electron chi connectivity index (χ4n) is 4.71. The maximum atomic E-state index is 5.63. The number of benzene rings is 1. The SMILES string of the molecule is Cc1cc(N(C2CC2)C2CCN(CCc3ccc4c(c3)CCO4)CC2)ncn1. The van der Waals surface area contributed by atoms with E-state index in [2.05, 4.69) is 51.0 Å². The van der Waals surface area contributed by atoms with Gasteiger partial charge in [0.2, 0.25) is 0 Å². The minimum Gasteiger partial charge on any atom is -0.493 e. The molecule has 0 radical (unpaired) electrons. The van der Waals surface area contributed by atoms with Gasteiger partial charge < -0.3 is 14.5 Å². The predicted octanol–water partition coefficient (Wildman–Crippen LogP) is 3.40. The molecule has 1 saturated carbocycles. The van der Waals surface area contributed by atoms with Crippen LogP contribution >= 0.6 is 0 Å². The van der Waals surface area contributed by atoms with E-state index in [1.54, 1.807) is 6.33 Å². The normalized spacial score (nSPS) is 20.0. The topological polar surface area (TPSA) is 41.5 Å². The fraction of sp³-hybridized carbons (Fsp3) is 0.565. The summed E-state index contributed by atoms with van der Waals surface area (Å²) in [6.45, 7) is 6.43. The number of anilines is 1. The zero-order chi connectivity index (χ0) is 18.9. The molecule has 1 aliphatic carbocycles. The van der Waals surface area contributed by atoms with Gasteiger partial charge in [-0.1, -0.05) is 12.1 Å². The molecule has 3 aliphatic rings. The van der Waals surface area contributed by atoms with E-state index in [4.69, 9.17) is 4.74 Å². The molecule has 2 aliphatic heterocycles. The molecule has 28 heavy (non-hydrogen) atoms. The van der Waals surface area contributed by atoms with Crippen molar-refractivity contribution < 1.29 is 4.74 Å². The Kier molecular flexibility index (Phi) is 4.93. The van der Waals surface area contributed by atoms with Gasteiger partial charge in [0, 0.05) is 49.9 Å². The van der Waals surface area contributed by atoms with Crippen molar-refractivity contribution in [2.75, 3.05) is 31.1 Å². The van der Waals surface area contributed by atoms with Crippen LogP contribution in [-0.4, -0.2) is 53.2 Å². The summed E-state index contributed by atoms with van der Waals surface area (Å²) in [5, 5.41) is 0. The zero-order valence-electron chi connectivity index (χ0n) is 16.8. The lowest BCUT2D eigenvalue weighted by Crippen LogP contribution is -2.46. The van der Waals surface area contributed by atoms with Gasteiger partial charge in [-0.25, -0.2) is 9.97 Å². The second kappa shape index (κ2) is 7.70. The molecule has 1 aromatic heterocycles. The first-order valence-electron chi connectivity index (χ1n) is 10.8. The Morgan fingerprint density at radius 1 is 1.07 bits per heavy atom. The maximum absolute atomic E-state index is 5.63. The number of fused-ring (bicyclic) bond motifs is 1. The van der Waals surface area contributed by atoms with Crippen molar-refractivity contribution >= 4 is 5.82 Å². The van der Waals surface area contributed by atoms with Crippen molar-refractivity contribution in [2.45, 2.75) is 57.5 Å². The van der Waals surface area contributed by atoms with Crippen molar-refractivity contribution in [1.82, 2.24) is 14.9 Å². The largest absolute Gasteiger partial charge is 0.493 e. The Morgan fingerprint density at radius 3 is 2.68 bits per heavy atom. The molecular weight excluding hydrogens is 348 g/mol. The molecule has 2 aromatic rings. The second-order valence-corrected chi connectivity index (χ2v) is 8.52. The molecule has 5 nitrogen and oxygen atoms in total. The van der Waals surface area contributed by atoms with Crippen LogP contribution in [0.2, 0.25) is 0 Å². The van der Waals surface area contributed by atoms with Gasteiger partial charge in [0.25, 0.3) is 0 Å². The summed E-state index contributed by atoms with van der Waals surface area (Å²) >= 11 is 0. The molecular formula is C23H30N4O. The maximum Gasteiger partial charge on any atom is 0.132 e. The number of hydrogen-bond acceptors (Lipinski definition) is 5. The third-order valence-corrected chi connectivity index (χ3v) is 6.42. The molecule has 148 valence electrons. The molecule has 3 heterocycles. The van der Waals surface area contributed by atoms with E-state index in [-0.39, 0.29) is 0 Å². The molecule has 0 spiro atoms. The molecule has 0 unspecified atom stereocenters. The molecule has 0 amide bonds. The monoisotopic (exact) mass is 378 g/mol. The van der Waals surface area contributed by atoms with E-state index < -0.39 is 0 Å². The highest BCUT2D eigenvalue weighted by Crippen LogP contribution is 2.35. The molecule has 1 saturated heterocycles. The van der Waals surface area contributed by atoms with Crippen LogP contribution in [0.1, 0.15) is 42.5 Å². The number of piperidine rings is 1. The lowest BCUT2D eigenvalue weighted by atomic mass is 10.0. The number of likely N-dealkylation sites (tertiary alicyclic amines) is 1. The van der Waals surface area contributed by atoms with E-state index in [9.17, 15) is 0 Å². The highest BCUT2D eigenvalue weighted by molar-refractivity contribution is 5.43. The van der Waals surface area contributed by atoms with E-state index in [1.165, 1.54) is 49.9 Å². The highest BCUT2D eigenvalue weighted by atomic mass is 16.5. The third kappa shape index (κ3) is 3.86. The fourth-order valence-corrected chi connectivity index (χ4v) is 4.71. The van der Waals surface area contributed by atoms with Crippen molar-refractivity contribution in [2.24, 2.45) is 0 Å². The molecule has 5 rings (SSSR count). The average molecular weight is 379 g/mol. The van der Waals surface area contributed by atoms with Crippen LogP contribution in [0.3, 0.4) is 0 Å². The average Bonchev–Trinajstić information content (AvgIpc) is 3.43. The van der Waals surface area contributed by atoms with Gasteiger partial charge in [0.15, 0.2) is 0 Å². The summed E-state index contributed by atoms with van der Waals surface area (Å²) in [7, 11) is 0. The van der Waals surface area contributed by atoms with Crippen LogP contribution in [0.15, 0.2) is 30.6 Å². The van der Waals surface area contributed by atoms with Crippen LogP contribution in [0.4, 0.5) is 5.82 Å². The van der Waals surface area contributed by atoms with E-state index in [0.29, 0.717) is 12.1 Å². The summed E-state index contributed by atoms with van der Waals surface area (Å²) < 4.78 is 5.63. The third-order valence-electron chi connectivity index (χ3n) is 6.42. The number of hydrogen-bond donors (Lipinski definition) is 0. The summed E-state index contributed by atoms with van der Waals surface area (Å²) in [5.41, 5.74) is 3.90. The van der Waals surface area contributed by atoms with Gasteiger partial charge >= 0.3 is 0 Å². The van der Waals surface area contributed by atoms with Crippen molar-refractivity contribution in [1.29, 1.82) is 0 Å². The number of rotatable bonds is 6. The quantitative estimate of drug-likeness (QED) is 0.771. The van der Waals surface area contributed by atoms with E-state index in [0.717, 1.165) is 43.3 Å². The van der Waals surface area contributed by atoms with Gasteiger partial charge in [-0.05, 0) is 56.2 Å². The van der Waals surface area contributed by atoms with Gasteiger partial charge in [-0.15, -0.1) is 0 Å². The van der Waals surface area contributed by atoms with Crippen molar-refractivity contribution in [3.8, 4) is 5.75 Å². The minimum absolute atomic E-state index is 0.621. The Labute approximate surface area is 167 Å². The van der Waals surface area contributed by atoms with Crippen molar-refractivity contribution in [3.05, 3.63) is 47.4 Å². The standard InChI is InChI=1S/C23H30N4O/c1-17-14-23(25-16-24-17)27(20-3-4-20)21-7-11-26(12-8-21)10-6-18-2-5-22-19(15-18)9-13-28-22/h2,5,14-16,20-21H,3-4,6-13H2,1H3. The lowest BCUT2D eigenvalue weighted by molar-refractivity contribution is 0.210. The molecule has 0 bridgehead atoms. The molecule has 5 heteroatoms. The number of nitrogens with zero attached hydrogens (tertiary/aromatic N) is 4. The predicted molar refractivity (Wildman–Crippen MR) is 111 cm³/mol. The summed E-state index contributed by atoms with van der Waals surface area (Å²) in [6, 6.07) is 10.2. The summed E-state index contributed by atoms with van der Waals surface area (Å²) in [5.74, 6) is 2.22. The van der Waals surface area contributed by atoms with Crippen molar-refractivity contribution in [3.63, 3.8) is 0 Å². The highest BCUT2D eigenvalue weighted by Gasteiger charge is 2.36. The number of aromatic nitrogens is 2. The summed E-state index contributed by atoms with van der Waals surface area (Å²) in [4.78, 5) is 14.1. The first-order chi connectivity index (χ1) is 13.8. The second-order valence-electron chi connectivity index (χ2n) is 8.52. The molecule has 2 fully saturated rings. The Balaban J connectivity index is 1.17. The first-order valence-corrected chi connectivity index (χ1v) is 10.8. The van der Waals surface area contributed by atoms with E-state index >= 15 is 0 Å². The van der Waals surface area contributed by atoms with Crippen LogP contribution in [0.25, 0.3) is 0 Å². The first kappa shape index (κ1) is 17.9. The smallest absolute Gasteiger partial charge is 0.132 e. The van der Waals surface area contributed by atoms with Crippen LogP contribution in [0.5, 0.6) is 5.75 Å². The van der Waals surface area contributed by atoms with Gasteiger partial charge in [-0.2, -0.15) is 0 Å². The Bertz CT molecular complexity index is 827. The van der Waals surface area contributed by atoms with E-state index in [1.807, 2.05) is 0 Å². The summed E-state index contributed by atoms with van der Waals surface area (Å²) in [6.07, 6.45) is 9.01. The van der Waals surface area contributed by atoms with Crippen LogP contribution < -0.4 is 9.64 Å².